The summed E-state index contributed by atoms with van der Waals surface area (Å²) in [5, 5.41) is 5.79. The van der Waals surface area contributed by atoms with E-state index >= 15 is 0 Å². The van der Waals surface area contributed by atoms with E-state index in [4.69, 9.17) is 9.47 Å². The van der Waals surface area contributed by atoms with Crippen LogP contribution >= 0.6 is 0 Å². The number of amides is 2. The molecular weight excluding hydrogens is 332 g/mol. The van der Waals surface area contributed by atoms with E-state index in [1.165, 1.54) is 0 Å². The molecule has 2 amide bonds. The van der Waals surface area contributed by atoms with Crippen LogP contribution in [0.4, 0.5) is 10.5 Å². The fraction of sp³-hybridized carbons (Fsp3) is 0.300. The first kappa shape index (κ1) is 17.8. The molecule has 1 saturated carbocycles. The van der Waals surface area contributed by atoms with Crippen molar-refractivity contribution in [3.63, 3.8) is 0 Å². The van der Waals surface area contributed by atoms with Gasteiger partial charge in [0.25, 0.3) is 0 Å². The van der Waals surface area contributed by atoms with Gasteiger partial charge in [-0.2, -0.15) is 0 Å². The normalized spacial score (nSPS) is 14.2. The van der Waals surface area contributed by atoms with Crippen LogP contribution in [0.5, 0.6) is 5.75 Å². The van der Waals surface area contributed by atoms with Crippen LogP contribution in [0.25, 0.3) is 0 Å². The van der Waals surface area contributed by atoms with Crippen molar-refractivity contribution in [1.29, 1.82) is 0 Å². The van der Waals surface area contributed by atoms with Gasteiger partial charge in [0.2, 0.25) is 0 Å². The van der Waals surface area contributed by atoms with Crippen LogP contribution in [0, 0.1) is 0 Å². The summed E-state index contributed by atoms with van der Waals surface area (Å²) in [6, 6.07) is 14.1. The van der Waals surface area contributed by atoms with Gasteiger partial charge in [-0.15, -0.1) is 0 Å². The highest BCUT2D eigenvalue weighted by Crippen LogP contribution is 2.45. The first-order valence-electron chi connectivity index (χ1n) is 8.58. The van der Waals surface area contributed by atoms with Gasteiger partial charge >= 0.3 is 12.0 Å². The highest BCUT2D eigenvalue weighted by Gasteiger charge is 2.45. The predicted octanol–water partition coefficient (Wildman–Crippen LogP) is 3.68. The molecule has 2 N–H and O–H groups in total. The Hall–Kier alpha value is -3.02. The molecule has 3 rings (SSSR count). The van der Waals surface area contributed by atoms with E-state index < -0.39 is 5.97 Å². The van der Waals surface area contributed by atoms with E-state index in [1.807, 2.05) is 24.3 Å². The molecule has 2 aromatic rings. The van der Waals surface area contributed by atoms with Crippen LogP contribution in [0.15, 0.2) is 48.5 Å². The van der Waals surface area contributed by atoms with Gasteiger partial charge in [0.1, 0.15) is 5.75 Å². The van der Waals surface area contributed by atoms with Gasteiger partial charge in [-0.3, -0.25) is 0 Å². The molecule has 1 aliphatic rings. The standard InChI is InChI=1S/C20H22N2O4/c1-3-26-18(23)16-6-4-5-7-17(16)21-19(24)22-20(12-13-20)14-8-10-15(25-2)11-9-14/h4-11H,3,12-13H2,1-2H3,(H2,21,22,24). The molecule has 0 unspecified atom stereocenters. The molecule has 136 valence electrons. The molecule has 0 saturated heterocycles. The van der Waals surface area contributed by atoms with Gasteiger partial charge in [-0.25, -0.2) is 9.59 Å². The van der Waals surface area contributed by atoms with Crippen molar-refractivity contribution in [2.45, 2.75) is 25.3 Å². The van der Waals surface area contributed by atoms with E-state index in [0.29, 0.717) is 11.3 Å². The molecule has 0 bridgehead atoms. The monoisotopic (exact) mass is 354 g/mol. The van der Waals surface area contributed by atoms with E-state index in [0.717, 1.165) is 24.2 Å². The number of urea groups is 1. The molecule has 6 nitrogen and oxygen atoms in total. The number of carbonyl (C=O) groups excluding carboxylic acids is 2. The lowest BCUT2D eigenvalue weighted by Gasteiger charge is -2.19. The highest BCUT2D eigenvalue weighted by molar-refractivity contribution is 6.01. The molecule has 1 fully saturated rings. The van der Waals surface area contributed by atoms with E-state index in [2.05, 4.69) is 10.6 Å². The van der Waals surface area contributed by atoms with Crippen LogP contribution < -0.4 is 15.4 Å². The van der Waals surface area contributed by atoms with Crippen LogP contribution in [0.2, 0.25) is 0 Å². The topological polar surface area (TPSA) is 76.7 Å². The summed E-state index contributed by atoms with van der Waals surface area (Å²) in [7, 11) is 1.62. The highest BCUT2D eigenvalue weighted by atomic mass is 16.5. The number of carbonyl (C=O) groups is 2. The minimum Gasteiger partial charge on any atom is -0.497 e. The van der Waals surface area contributed by atoms with Gasteiger partial charge in [-0.1, -0.05) is 24.3 Å². The van der Waals surface area contributed by atoms with Crippen LogP contribution in [-0.4, -0.2) is 25.7 Å². The number of ether oxygens (including phenoxy) is 2. The molecule has 26 heavy (non-hydrogen) atoms. The predicted molar refractivity (Wildman–Crippen MR) is 98.5 cm³/mol. The van der Waals surface area contributed by atoms with Crippen molar-refractivity contribution < 1.29 is 19.1 Å². The fourth-order valence-corrected chi connectivity index (χ4v) is 2.87. The van der Waals surface area contributed by atoms with Crippen LogP contribution in [0.1, 0.15) is 35.7 Å². The first-order chi connectivity index (χ1) is 12.6. The molecule has 0 aromatic heterocycles. The maximum Gasteiger partial charge on any atom is 0.340 e. The summed E-state index contributed by atoms with van der Waals surface area (Å²) in [6.07, 6.45) is 1.73. The average Bonchev–Trinajstić information content (AvgIpc) is 3.43. The summed E-state index contributed by atoms with van der Waals surface area (Å²) in [6.45, 7) is 2.02. The van der Waals surface area contributed by atoms with Gasteiger partial charge in [0.15, 0.2) is 0 Å². The second-order valence-electron chi connectivity index (χ2n) is 6.16. The van der Waals surface area contributed by atoms with Gasteiger partial charge in [0.05, 0.1) is 30.5 Å². The van der Waals surface area contributed by atoms with E-state index in [-0.39, 0.29) is 18.2 Å². The maximum atomic E-state index is 12.5. The fourth-order valence-electron chi connectivity index (χ4n) is 2.87. The molecule has 0 spiro atoms. The van der Waals surface area contributed by atoms with Crippen molar-refractivity contribution in [3.05, 3.63) is 59.7 Å². The van der Waals surface area contributed by atoms with Crippen molar-refractivity contribution in [2.24, 2.45) is 0 Å². The number of para-hydroxylation sites is 1. The first-order valence-corrected chi connectivity index (χ1v) is 8.58. The van der Waals surface area contributed by atoms with Crippen molar-refractivity contribution in [1.82, 2.24) is 5.32 Å². The molecule has 0 heterocycles. The van der Waals surface area contributed by atoms with Gasteiger partial charge < -0.3 is 20.1 Å². The lowest BCUT2D eigenvalue weighted by atomic mass is 10.1. The Labute approximate surface area is 152 Å². The largest absolute Gasteiger partial charge is 0.497 e. The third kappa shape index (κ3) is 3.79. The number of rotatable bonds is 6. The second kappa shape index (κ2) is 7.47. The number of methoxy groups -OCH3 is 1. The molecule has 0 aliphatic heterocycles. The summed E-state index contributed by atoms with van der Waals surface area (Å²) < 4.78 is 10.2. The zero-order chi connectivity index (χ0) is 18.6. The van der Waals surface area contributed by atoms with Gasteiger partial charge in [-0.05, 0) is 49.6 Å². The van der Waals surface area contributed by atoms with Crippen molar-refractivity contribution >= 4 is 17.7 Å². The SMILES string of the molecule is CCOC(=O)c1ccccc1NC(=O)NC1(c2ccc(OC)cc2)CC1. The average molecular weight is 354 g/mol. The maximum absolute atomic E-state index is 12.5. The number of nitrogens with one attached hydrogen (secondary N) is 2. The summed E-state index contributed by atoms with van der Waals surface area (Å²) in [5.41, 5.74) is 1.43. The van der Waals surface area contributed by atoms with Crippen molar-refractivity contribution in [2.75, 3.05) is 19.0 Å². The number of anilines is 1. The Bertz CT molecular complexity index is 798. The molecule has 0 radical (unpaired) electrons. The Morgan fingerprint density at radius 2 is 1.77 bits per heavy atom. The lowest BCUT2D eigenvalue weighted by molar-refractivity contribution is 0.0527. The van der Waals surface area contributed by atoms with E-state index in [9.17, 15) is 9.59 Å². The summed E-state index contributed by atoms with van der Waals surface area (Å²) in [4.78, 5) is 24.5. The smallest absolute Gasteiger partial charge is 0.340 e. The molecular formula is C20H22N2O4. The number of esters is 1. The number of hydrogen-bond donors (Lipinski definition) is 2. The second-order valence-corrected chi connectivity index (χ2v) is 6.16. The molecule has 0 atom stereocenters. The number of benzene rings is 2. The van der Waals surface area contributed by atoms with Crippen LogP contribution in [-0.2, 0) is 10.3 Å². The van der Waals surface area contributed by atoms with Crippen molar-refractivity contribution in [3.8, 4) is 5.75 Å². The Kier molecular flexibility index (Phi) is 5.11. The zero-order valence-electron chi connectivity index (χ0n) is 14.9. The zero-order valence-corrected chi connectivity index (χ0v) is 14.9. The minimum absolute atomic E-state index is 0.278. The third-order valence-corrected chi connectivity index (χ3v) is 4.42. The molecule has 1 aliphatic carbocycles. The number of hydrogen-bond acceptors (Lipinski definition) is 4. The third-order valence-electron chi connectivity index (χ3n) is 4.42. The summed E-state index contributed by atoms with van der Waals surface area (Å²) >= 11 is 0. The van der Waals surface area contributed by atoms with Crippen LogP contribution in [0.3, 0.4) is 0 Å². The Balaban J connectivity index is 1.70. The Morgan fingerprint density at radius 3 is 2.38 bits per heavy atom. The summed E-state index contributed by atoms with van der Waals surface area (Å²) in [5.74, 6) is 0.317. The minimum atomic E-state index is -0.459. The van der Waals surface area contributed by atoms with Gasteiger partial charge in [0, 0.05) is 0 Å². The molecule has 2 aromatic carbocycles. The Morgan fingerprint density at radius 1 is 1.08 bits per heavy atom. The van der Waals surface area contributed by atoms with E-state index in [1.54, 1.807) is 38.3 Å². The lowest BCUT2D eigenvalue weighted by Crippen LogP contribution is -2.38. The molecule has 6 heteroatoms. The quantitative estimate of drug-likeness (QED) is 0.776.